The molecule has 5 heteroatoms. The summed E-state index contributed by atoms with van der Waals surface area (Å²) >= 11 is 0. The number of amides is 1. The summed E-state index contributed by atoms with van der Waals surface area (Å²) in [5.41, 5.74) is 4.98. The lowest BCUT2D eigenvalue weighted by Crippen LogP contribution is -2.53. The van der Waals surface area contributed by atoms with Gasteiger partial charge in [0, 0.05) is 5.54 Å². The lowest BCUT2D eigenvalue weighted by molar-refractivity contribution is -0.138. The van der Waals surface area contributed by atoms with Crippen LogP contribution < -0.4 is 11.1 Å². The summed E-state index contributed by atoms with van der Waals surface area (Å²) < 4.78 is 0. The third-order valence-electron chi connectivity index (χ3n) is 2.61. The molecule has 0 saturated heterocycles. The molecule has 0 spiro atoms. The van der Waals surface area contributed by atoms with Crippen LogP contribution in [0, 0.1) is 5.92 Å². The fraction of sp³-hybridized carbons (Fsp3) is 0.818. The Labute approximate surface area is 96.4 Å². The topological polar surface area (TPSA) is 92.4 Å². The van der Waals surface area contributed by atoms with Crippen molar-refractivity contribution in [3.05, 3.63) is 0 Å². The minimum absolute atomic E-state index is 0.0839. The zero-order valence-corrected chi connectivity index (χ0v) is 10.4. The van der Waals surface area contributed by atoms with Crippen molar-refractivity contribution in [2.45, 2.75) is 52.1 Å². The number of aliphatic carboxylic acids is 1. The Morgan fingerprint density at radius 1 is 1.44 bits per heavy atom. The zero-order chi connectivity index (χ0) is 12.9. The molecule has 0 bridgehead atoms. The van der Waals surface area contributed by atoms with Crippen molar-refractivity contribution in [1.82, 2.24) is 5.32 Å². The van der Waals surface area contributed by atoms with Gasteiger partial charge in [-0.25, -0.2) is 0 Å². The average Bonchev–Trinajstić information content (AvgIpc) is 2.12. The molecular weight excluding hydrogens is 208 g/mol. The van der Waals surface area contributed by atoms with Crippen molar-refractivity contribution in [3.8, 4) is 0 Å². The largest absolute Gasteiger partial charge is 0.481 e. The second kappa shape index (κ2) is 5.84. The van der Waals surface area contributed by atoms with E-state index in [1.807, 2.05) is 13.8 Å². The minimum atomic E-state index is -0.942. The molecule has 0 radical (unpaired) electrons. The number of carboxylic acid groups (broad SMARTS) is 1. The van der Waals surface area contributed by atoms with Crippen LogP contribution in [0.3, 0.4) is 0 Å². The molecule has 0 aromatic carbocycles. The van der Waals surface area contributed by atoms with Crippen molar-refractivity contribution in [2.24, 2.45) is 11.7 Å². The van der Waals surface area contributed by atoms with Crippen LogP contribution in [0.2, 0.25) is 0 Å². The van der Waals surface area contributed by atoms with E-state index in [-0.39, 0.29) is 18.2 Å². The number of nitrogens with two attached hydrogens (primary N) is 1. The quantitative estimate of drug-likeness (QED) is 0.627. The van der Waals surface area contributed by atoms with Gasteiger partial charge in [-0.2, -0.15) is 0 Å². The summed E-state index contributed by atoms with van der Waals surface area (Å²) in [5, 5.41) is 11.3. The molecule has 16 heavy (non-hydrogen) atoms. The van der Waals surface area contributed by atoms with Gasteiger partial charge in [0.1, 0.15) is 0 Å². The zero-order valence-electron chi connectivity index (χ0n) is 10.4. The van der Waals surface area contributed by atoms with Gasteiger partial charge >= 0.3 is 5.97 Å². The molecule has 0 saturated carbocycles. The van der Waals surface area contributed by atoms with E-state index in [0.29, 0.717) is 0 Å². The maximum absolute atomic E-state index is 11.7. The van der Waals surface area contributed by atoms with E-state index >= 15 is 0 Å². The lowest BCUT2D eigenvalue weighted by Gasteiger charge is -2.27. The Hall–Kier alpha value is -1.10. The molecule has 0 aromatic heterocycles. The smallest absolute Gasteiger partial charge is 0.305 e. The first-order chi connectivity index (χ1) is 7.19. The van der Waals surface area contributed by atoms with Crippen molar-refractivity contribution >= 4 is 11.9 Å². The van der Waals surface area contributed by atoms with E-state index in [1.54, 1.807) is 13.8 Å². The average molecular weight is 230 g/mol. The highest BCUT2D eigenvalue weighted by Crippen LogP contribution is 2.11. The number of hydrogen-bond donors (Lipinski definition) is 3. The first-order valence-corrected chi connectivity index (χ1v) is 5.49. The molecule has 0 fully saturated rings. The van der Waals surface area contributed by atoms with Gasteiger partial charge < -0.3 is 16.2 Å². The van der Waals surface area contributed by atoms with E-state index in [2.05, 4.69) is 5.32 Å². The molecule has 5 nitrogen and oxygen atoms in total. The van der Waals surface area contributed by atoms with Gasteiger partial charge in [-0.1, -0.05) is 20.3 Å². The van der Waals surface area contributed by atoms with E-state index in [0.717, 1.165) is 6.42 Å². The lowest BCUT2D eigenvalue weighted by atomic mass is 9.96. The molecule has 0 aliphatic rings. The van der Waals surface area contributed by atoms with Crippen LogP contribution in [0.1, 0.15) is 40.5 Å². The van der Waals surface area contributed by atoms with Gasteiger partial charge in [0.05, 0.1) is 12.5 Å². The second-order valence-corrected chi connectivity index (χ2v) is 4.85. The summed E-state index contributed by atoms with van der Waals surface area (Å²) in [6.07, 6.45) is 0.694. The minimum Gasteiger partial charge on any atom is -0.481 e. The third-order valence-corrected chi connectivity index (χ3v) is 2.61. The summed E-state index contributed by atoms with van der Waals surface area (Å²) in [4.78, 5) is 22.3. The summed E-state index contributed by atoms with van der Waals surface area (Å²) in [5.74, 6) is -1.15. The highest BCUT2D eigenvalue weighted by molar-refractivity contribution is 5.83. The molecule has 0 rings (SSSR count). The number of rotatable bonds is 6. The second-order valence-electron chi connectivity index (χ2n) is 4.85. The fourth-order valence-corrected chi connectivity index (χ4v) is 1.35. The van der Waals surface area contributed by atoms with Crippen LogP contribution >= 0.6 is 0 Å². The normalized spacial score (nSPS) is 15.3. The molecule has 0 heterocycles. The van der Waals surface area contributed by atoms with E-state index in [9.17, 15) is 9.59 Å². The van der Waals surface area contributed by atoms with Crippen LogP contribution in [0.4, 0.5) is 0 Å². The molecule has 94 valence electrons. The maximum atomic E-state index is 11.7. The Morgan fingerprint density at radius 2 is 1.94 bits per heavy atom. The maximum Gasteiger partial charge on any atom is 0.305 e. The Bertz CT molecular complexity index is 264. The molecule has 0 aromatic rings. The van der Waals surface area contributed by atoms with Crippen molar-refractivity contribution < 1.29 is 14.7 Å². The van der Waals surface area contributed by atoms with E-state index < -0.39 is 17.6 Å². The summed E-state index contributed by atoms with van der Waals surface area (Å²) in [6.45, 7) is 7.19. The highest BCUT2D eigenvalue weighted by Gasteiger charge is 2.28. The van der Waals surface area contributed by atoms with E-state index in [4.69, 9.17) is 10.8 Å². The highest BCUT2D eigenvalue weighted by atomic mass is 16.4. The number of hydrogen-bond acceptors (Lipinski definition) is 3. The molecule has 2 atom stereocenters. The first kappa shape index (κ1) is 14.9. The van der Waals surface area contributed by atoms with E-state index in [1.165, 1.54) is 0 Å². The number of nitrogens with one attached hydrogen (secondary N) is 1. The third kappa shape index (κ3) is 5.11. The fourth-order valence-electron chi connectivity index (χ4n) is 1.35. The van der Waals surface area contributed by atoms with Gasteiger partial charge in [-0.05, 0) is 19.8 Å². The summed E-state index contributed by atoms with van der Waals surface area (Å²) in [6, 6.07) is -0.585. The predicted molar refractivity (Wildman–Crippen MR) is 61.9 cm³/mol. The molecule has 0 aliphatic carbocycles. The SMILES string of the molecule is CCC(C)[C@H](N)C(=O)NC(C)(C)CC(=O)O. The van der Waals surface area contributed by atoms with Crippen LogP contribution in [0.5, 0.6) is 0 Å². The van der Waals surface area contributed by atoms with Crippen LogP contribution in [-0.2, 0) is 9.59 Å². The standard InChI is InChI=1S/C11H22N2O3/c1-5-7(2)9(12)10(16)13-11(3,4)6-8(14)15/h7,9H,5-6,12H2,1-4H3,(H,13,16)(H,14,15)/t7?,9-/m0/s1. The van der Waals surface area contributed by atoms with Gasteiger partial charge in [-0.15, -0.1) is 0 Å². The van der Waals surface area contributed by atoms with Crippen molar-refractivity contribution in [1.29, 1.82) is 0 Å². The summed E-state index contributed by atoms with van der Waals surface area (Å²) in [7, 11) is 0. The monoisotopic (exact) mass is 230 g/mol. The van der Waals surface area contributed by atoms with Crippen LogP contribution in [0.15, 0.2) is 0 Å². The van der Waals surface area contributed by atoms with Gasteiger partial charge in [0.25, 0.3) is 0 Å². The molecule has 1 unspecified atom stereocenters. The molecule has 4 N–H and O–H groups in total. The van der Waals surface area contributed by atoms with Gasteiger partial charge in [0.2, 0.25) is 5.91 Å². The van der Waals surface area contributed by atoms with Crippen molar-refractivity contribution in [2.75, 3.05) is 0 Å². The van der Waals surface area contributed by atoms with Crippen LogP contribution in [0.25, 0.3) is 0 Å². The Morgan fingerprint density at radius 3 is 2.31 bits per heavy atom. The molecule has 0 aliphatic heterocycles. The number of carboxylic acids is 1. The van der Waals surface area contributed by atoms with Crippen molar-refractivity contribution in [3.63, 3.8) is 0 Å². The first-order valence-electron chi connectivity index (χ1n) is 5.49. The molecule has 1 amide bonds. The number of carbonyl (C=O) groups excluding carboxylic acids is 1. The van der Waals surface area contributed by atoms with Gasteiger partial charge in [0.15, 0.2) is 0 Å². The number of carbonyl (C=O) groups is 2. The van der Waals surface area contributed by atoms with Gasteiger partial charge in [-0.3, -0.25) is 9.59 Å². The Balaban J connectivity index is 4.38. The molecular formula is C11H22N2O3. The Kier molecular flexibility index (Phi) is 5.44. The van der Waals surface area contributed by atoms with Crippen LogP contribution in [-0.4, -0.2) is 28.6 Å². The predicted octanol–water partition coefficient (Wildman–Crippen LogP) is 0.729.